The summed E-state index contributed by atoms with van der Waals surface area (Å²) >= 11 is 5.84. The van der Waals surface area contributed by atoms with Gasteiger partial charge in [-0.25, -0.2) is 0 Å². The number of hydrogen-bond acceptors (Lipinski definition) is 2. The SMILES string of the molecule is Oc1ccc(C2(CCl)CC2)cc1O. The summed E-state index contributed by atoms with van der Waals surface area (Å²) in [6, 6.07) is 4.94. The lowest BCUT2D eigenvalue weighted by atomic mass is 9.98. The van der Waals surface area contributed by atoms with Crippen LogP contribution in [0.5, 0.6) is 11.5 Å². The van der Waals surface area contributed by atoms with E-state index in [0.717, 1.165) is 18.4 Å². The standard InChI is InChI=1S/C10H11ClO2/c11-6-10(3-4-10)7-1-2-8(12)9(13)5-7/h1-2,5,12-13H,3-4,6H2. The molecule has 0 aromatic heterocycles. The summed E-state index contributed by atoms with van der Waals surface area (Å²) in [6.07, 6.45) is 2.14. The Hall–Kier alpha value is -0.890. The second-order valence-corrected chi connectivity index (χ2v) is 3.88. The zero-order chi connectivity index (χ0) is 9.47. The molecule has 0 bridgehead atoms. The van der Waals surface area contributed by atoms with E-state index in [9.17, 15) is 5.11 Å². The van der Waals surface area contributed by atoms with Gasteiger partial charge in [-0.1, -0.05) is 6.07 Å². The van der Waals surface area contributed by atoms with Crippen molar-refractivity contribution < 1.29 is 10.2 Å². The molecular formula is C10H11ClO2. The van der Waals surface area contributed by atoms with Gasteiger partial charge >= 0.3 is 0 Å². The third kappa shape index (κ3) is 1.35. The van der Waals surface area contributed by atoms with E-state index in [1.165, 1.54) is 6.07 Å². The minimum absolute atomic E-state index is 0.0612. The van der Waals surface area contributed by atoms with Gasteiger partial charge in [0, 0.05) is 11.3 Å². The van der Waals surface area contributed by atoms with Crippen molar-refractivity contribution >= 4 is 11.6 Å². The molecule has 0 amide bonds. The lowest BCUT2D eigenvalue weighted by molar-refractivity contribution is 0.402. The van der Waals surface area contributed by atoms with Crippen LogP contribution in [0.3, 0.4) is 0 Å². The van der Waals surface area contributed by atoms with Crippen molar-refractivity contribution in [2.24, 2.45) is 0 Å². The van der Waals surface area contributed by atoms with Crippen LogP contribution in [0.15, 0.2) is 18.2 Å². The van der Waals surface area contributed by atoms with Crippen LogP contribution >= 0.6 is 11.6 Å². The molecule has 2 nitrogen and oxygen atoms in total. The Bertz CT molecular complexity index is 332. The summed E-state index contributed by atoms with van der Waals surface area (Å²) in [6.45, 7) is 0. The fourth-order valence-electron chi connectivity index (χ4n) is 1.50. The van der Waals surface area contributed by atoms with Crippen molar-refractivity contribution in [1.29, 1.82) is 0 Å². The zero-order valence-electron chi connectivity index (χ0n) is 7.13. The molecule has 1 aromatic rings. The first-order valence-corrected chi connectivity index (χ1v) is 4.80. The number of benzene rings is 1. The van der Waals surface area contributed by atoms with Crippen molar-refractivity contribution in [2.75, 3.05) is 5.88 Å². The van der Waals surface area contributed by atoms with Gasteiger partial charge in [0.25, 0.3) is 0 Å². The third-order valence-electron chi connectivity index (χ3n) is 2.70. The number of alkyl halides is 1. The second-order valence-electron chi connectivity index (χ2n) is 3.62. The summed E-state index contributed by atoms with van der Waals surface area (Å²) in [5, 5.41) is 18.4. The Morgan fingerprint density at radius 3 is 2.38 bits per heavy atom. The van der Waals surface area contributed by atoms with Gasteiger partial charge in [0.15, 0.2) is 11.5 Å². The Kier molecular flexibility index (Phi) is 1.88. The minimum Gasteiger partial charge on any atom is -0.504 e. The van der Waals surface area contributed by atoms with E-state index in [2.05, 4.69) is 0 Å². The van der Waals surface area contributed by atoms with E-state index in [-0.39, 0.29) is 16.9 Å². The van der Waals surface area contributed by atoms with Crippen LogP contribution in [0, 0.1) is 0 Å². The monoisotopic (exact) mass is 198 g/mol. The molecule has 0 saturated heterocycles. The molecule has 0 heterocycles. The van der Waals surface area contributed by atoms with Crippen LogP contribution in [0.4, 0.5) is 0 Å². The lowest BCUT2D eigenvalue weighted by Crippen LogP contribution is -2.07. The van der Waals surface area contributed by atoms with Crippen molar-refractivity contribution in [2.45, 2.75) is 18.3 Å². The maximum atomic E-state index is 9.29. The summed E-state index contributed by atoms with van der Waals surface area (Å²) in [7, 11) is 0. The molecule has 1 aliphatic rings. The molecule has 1 aromatic carbocycles. The van der Waals surface area contributed by atoms with Crippen molar-refractivity contribution in [3.8, 4) is 11.5 Å². The molecule has 3 heteroatoms. The molecule has 0 aliphatic heterocycles. The van der Waals surface area contributed by atoms with Crippen molar-refractivity contribution in [3.05, 3.63) is 23.8 Å². The zero-order valence-corrected chi connectivity index (χ0v) is 7.88. The fraction of sp³-hybridized carbons (Fsp3) is 0.400. The van der Waals surface area contributed by atoms with Gasteiger partial charge in [-0.05, 0) is 30.5 Å². The van der Waals surface area contributed by atoms with E-state index in [4.69, 9.17) is 16.7 Å². The predicted molar refractivity (Wildman–Crippen MR) is 51.4 cm³/mol. The quantitative estimate of drug-likeness (QED) is 0.566. The first-order chi connectivity index (χ1) is 6.18. The normalized spacial score (nSPS) is 18.5. The van der Waals surface area contributed by atoms with Crippen molar-refractivity contribution in [1.82, 2.24) is 0 Å². The second kappa shape index (κ2) is 2.81. The Morgan fingerprint density at radius 2 is 1.92 bits per heavy atom. The average Bonchev–Trinajstić information content (AvgIpc) is 2.90. The number of phenols is 2. The fourth-order valence-corrected chi connectivity index (χ4v) is 1.93. The Morgan fingerprint density at radius 1 is 1.23 bits per heavy atom. The van der Waals surface area contributed by atoms with Gasteiger partial charge < -0.3 is 10.2 Å². The molecule has 0 radical (unpaired) electrons. The molecule has 1 aliphatic carbocycles. The van der Waals surface area contributed by atoms with Gasteiger partial charge in [-0.15, -0.1) is 11.6 Å². The van der Waals surface area contributed by atoms with E-state index in [1.807, 2.05) is 6.07 Å². The van der Waals surface area contributed by atoms with Gasteiger partial charge in [0.1, 0.15) is 0 Å². The van der Waals surface area contributed by atoms with E-state index in [1.54, 1.807) is 6.07 Å². The van der Waals surface area contributed by atoms with Crippen LogP contribution in [0.25, 0.3) is 0 Å². The van der Waals surface area contributed by atoms with Crippen LogP contribution in [-0.2, 0) is 5.41 Å². The first-order valence-electron chi connectivity index (χ1n) is 4.26. The Labute approximate surface area is 81.8 Å². The summed E-state index contributed by atoms with van der Waals surface area (Å²) in [5.41, 5.74) is 1.09. The molecule has 0 spiro atoms. The molecular weight excluding hydrogens is 188 g/mol. The minimum atomic E-state index is -0.0749. The highest BCUT2D eigenvalue weighted by Gasteiger charge is 2.43. The lowest BCUT2D eigenvalue weighted by Gasteiger charge is -2.11. The Balaban J connectivity index is 2.37. The molecule has 1 saturated carbocycles. The topological polar surface area (TPSA) is 40.5 Å². The van der Waals surface area contributed by atoms with Gasteiger partial charge in [0.2, 0.25) is 0 Å². The van der Waals surface area contributed by atoms with Crippen LogP contribution < -0.4 is 0 Å². The van der Waals surface area contributed by atoms with Crippen LogP contribution in [0.1, 0.15) is 18.4 Å². The number of phenolic OH excluding ortho intramolecular Hbond substituents is 2. The van der Waals surface area contributed by atoms with Crippen LogP contribution in [-0.4, -0.2) is 16.1 Å². The summed E-state index contributed by atoms with van der Waals surface area (Å²) in [4.78, 5) is 0. The number of rotatable bonds is 2. The highest BCUT2D eigenvalue weighted by Crippen LogP contribution is 2.50. The van der Waals surface area contributed by atoms with E-state index < -0.39 is 0 Å². The third-order valence-corrected chi connectivity index (χ3v) is 3.21. The largest absolute Gasteiger partial charge is 0.504 e. The van der Waals surface area contributed by atoms with Gasteiger partial charge in [-0.2, -0.15) is 0 Å². The molecule has 70 valence electrons. The van der Waals surface area contributed by atoms with Crippen LogP contribution in [0.2, 0.25) is 0 Å². The maximum absolute atomic E-state index is 9.29. The number of hydrogen-bond donors (Lipinski definition) is 2. The molecule has 1 fully saturated rings. The summed E-state index contributed by atoms with van der Waals surface area (Å²) in [5.74, 6) is 0.444. The van der Waals surface area contributed by atoms with Crippen molar-refractivity contribution in [3.63, 3.8) is 0 Å². The molecule has 0 atom stereocenters. The molecule has 2 N–H and O–H groups in total. The maximum Gasteiger partial charge on any atom is 0.157 e. The molecule has 0 unspecified atom stereocenters. The first kappa shape index (κ1) is 8.70. The van der Waals surface area contributed by atoms with Gasteiger partial charge in [-0.3, -0.25) is 0 Å². The number of halogens is 1. The van der Waals surface area contributed by atoms with E-state index in [0.29, 0.717) is 5.88 Å². The number of aromatic hydroxyl groups is 2. The van der Waals surface area contributed by atoms with E-state index >= 15 is 0 Å². The van der Waals surface area contributed by atoms with Gasteiger partial charge in [0.05, 0.1) is 0 Å². The molecule has 13 heavy (non-hydrogen) atoms. The smallest absolute Gasteiger partial charge is 0.157 e. The molecule has 2 rings (SSSR count). The summed E-state index contributed by atoms with van der Waals surface area (Å²) < 4.78 is 0. The highest BCUT2D eigenvalue weighted by atomic mass is 35.5. The highest BCUT2D eigenvalue weighted by molar-refractivity contribution is 6.19. The predicted octanol–water partition coefficient (Wildman–Crippen LogP) is 2.37. The average molecular weight is 199 g/mol.